The Bertz CT molecular complexity index is 625. The third kappa shape index (κ3) is 4.98. The minimum absolute atomic E-state index is 0.0196. The molecule has 3 fully saturated rings. The number of nitrogens with one attached hydrogen (secondary N) is 1. The molecule has 1 atom stereocenters. The van der Waals surface area contributed by atoms with Crippen molar-refractivity contribution in [2.45, 2.75) is 63.8 Å². The Morgan fingerprint density at radius 2 is 1.81 bits per heavy atom. The summed E-state index contributed by atoms with van der Waals surface area (Å²) in [6.45, 7) is 5.22. The number of carbonyl (C=O) groups excluding carboxylic acids is 1. The lowest BCUT2D eigenvalue weighted by molar-refractivity contribution is 0.0786. The molecule has 0 aromatic carbocycles. The summed E-state index contributed by atoms with van der Waals surface area (Å²) in [7, 11) is 0. The van der Waals surface area contributed by atoms with E-state index >= 15 is 0 Å². The van der Waals surface area contributed by atoms with E-state index in [2.05, 4.69) is 20.2 Å². The van der Waals surface area contributed by atoms with Crippen LogP contribution in [0.4, 0.5) is 5.82 Å². The zero-order valence-electron chi connectivity index (χ0n) is 16.4. The minimum atomic E-state index is 0.0196. The summed E-state index contributed by atoms with van der Waals surface area (Å²) in [4.78, 5) is 25.9. The maximum absolute atomic E-state index is 12.6. The third-order valence-corrected chi connectivity index (χ3v) is 6.35. The van der Waals surface area contributed by atoms with Crippen LogP contribution in [0.5, 0.6) is 0 Å². The van der Waals surface area contributed by atoms with Gasteiger partial charge in [-0.2, -0.15) is 0 Å². The summed E-state index contributed by atoms with van der Waals surface area (Å²) in [5.41, 5.74) is 0.469. The summed E-state index contributed by atoms with van der Waals surface area (Å²) in [5, 5.41) is 3.55. The zero-order valence-corrected chi connectivity index (χ0v) is 16.4. The molecule has 0 bridgehead atoms. The summed E-state index contributed by atoms with van der Waals surface area (Å²) < 4.78 is 0. The molecule has 6 nitrogen and oxygen atoms in total. The number of carbonyl (C=O) groups is 1. The van der Waals surface area contributed by atoms with Crippen LogP contribution in [0.25, 0.3) is 0 Å². The number of amides is 1. The minimum Gasteiger partial charge on any atom is -0.365 e. The number of hydrogen-bond donors (Lipinski definition) is 1. The molecule has 3 heterocycles. The predicted molar refractivity (Wildman–Crippen MR) is 107 cm³/mol. The van der Waals surface area contributed by atoms with Gasteiger partial charge in [0, 0.05) is 32.2 Å². The molecular formula is C21H33N5O. The van der Waals surface area contributed by atoms with Gasteiger partial charge in [-0.25, -0.2) is 4.98 Å². The normalized spacial score (nSPS) is 24.9. The van der Waals surface area contributed by atoms with Gasteiger partial charge >= 0.3 is 0 Å². The number of anilines is 1. The molecule has 2 aliphatic heterocycles. The van der Waals surface area contributed by atoms with E-state index in [0.29, 0.717) is 11.7 Å². The summed E-state index contributed by atoms with van der Waals surface area (Å²) >= 11 is 0. The molecule has 0 radical (unpaired) electrons. The summed E-state index contributed by atoms with van der Waals surface area (Å²) in [5.74, 6) is 1.65. The third-order valence-electron chi connectivity index (χ3n) is 6.35. The Balaban J connectivity index is 1.32. The van der Waals surface area contributed by atoms with Crippen LogP contribution in [-0.2, 0) is 0 Å². The van der Waals surface area contributed by atoms with E-state index in [0.717, 1.165) is 50.6 Å². The van der Waals surface area contributed by atoms with Crippen LogP contribution in [0.2, 0.25) is 0 Å². The second-order valence-corrected chi connectivity index (χ2v) is 8.54. The molecule has 1 amide bonds. The van der Waals surface area contributed by atoms with Gasteiger partial charge in [-0.1, -0.05) is 19.3 Å². The lowest BCUT2D eigenvalue weighted by Gasteiger charge is -2.36. The molecule has 1 N–H and O–H groups in total. The van der Waals surface area contributed by atoms with E-state index in [9.17, 15) is 4.79 Å². The van der Waals surface area contributed by atoms with E-state index in [1.165, 1.54) is 51.6 Å². The number of piperidine rings is 1. The van der Waals surface area contributed by atoms with Crippen molar-refractivity contribution in [2.24, 2.45) is 5.92 Å². The van der Waals surface area contributed by atoms with Gasteiger partial charge in [-0.15, -0.1) is 0 Å². The van der Waals surface area contributed by atoms with E-state index in [1.807, 2.05) is 4.90 Å². The van der Waals surface area contributed by atoms with Crippen LogP contribution in [0.15, 0.2) is 12.4 Å². The first-order chi connectivity index (χ1) is 13.3. The van der Waals surface area contributed by atoms with Crippen LogP contribution >= 0.6 is 0 Å². The average Bonchev–Trinajstić information content (AvgIpc) is 3.23. The fourth-order valence-corrected chi connectivity index (χ4v) is 4.90. The van der Waals surface area contributed by atoms with Crippen LogP contribution < -0.4 is 5.32 Å². The molecule has 148 valence electrons. The molecule has 0 spiro atoms. The standard InChI is InChI=1S/C21H33N5O/c27-21(26-11-4-5-12-26)19-13-22-14-20(24-19)23-18-9-6-10-25(16-18)15-17-7-2-1-3-8-17/h13-14,17-18H,1-12,15-16H2,(H,23,24)/t18-/m1/s1. The first kappa shape index (κ1) is 18.7. The van der Waals surface area contributed by atoms with Crippen LogP contribution in [0.3, 0.4) is 0 Å². The van der Waals surface area contributed by atoms with Crippen LogP contribution in [0.1, 0.15) is 68.3 Å². The molecule has 27 heavy (non-hydrogen) atoms. The fraction of sp³-hybridized carbons (Fsp3) is 0.762. The van der Waals surface area contributed by atoms with Crippen molar-refractivity contribution >= 4 is 11.7 Å². The van der Waals surface area contributed by atoms with Crippen molar-refractivity contribution in [3.05, 3.63) is 18.1 Å². The number of nitrogens with zero attached hydrogens (tertiary/aromatic N) is 4. The highest BCUT2D eigenvalue weighted by Gasteiger charge is 2.25. The van der Waals surface area contributed by atoms with Gasteiger partial charge in [-0.05, 0) is 51.0 Å². The number of rotatable bonds is 5. The Morgan fingerprint density at radius 1 is 1.00 bits per heavy atom. The second-order valence-electron chi connectivity index (χ2n) is 8.54. The van der Waals surface area contributed by atoms with Gasteiger partial charge in [0.1, 0.15) is 11.5 Å². The van der Waals surface area contributed by atoms with Crippen molar-refractivity contribution in [3.63, 3.8) is 0 Å². The lowest BCUT2D eigenvalue weighted by atomic mass is 9.88. The molecule has 0 unspecified atom stereocenters. The number of likely N-dealkylation sites (tertiary alicyclic amines) is 2. The van der Waals surface area contributed by atoms with Gasteiger partial charge < -0.3 is 15.1 Å². The van der Waals surface area contributed by atoms with E-state index in [-0.39, 0.29) is 5.91 Å². The van der Waals surface area contributed by atoms with Gasteiger partial charge in [0.25, 0.3) is 5.91 Å². The quantitative estimate of drug-likeness (QED) is 0.861. The van der Waals surface area contributed by atoms with E-state index in [1.54, 1.807) is 12.4 Å². The molecule has 1 aromatic heterocycles. The Hall–Kier alpha value is -1.69. The van der Waals surface area contributed by atoms with Gasteiger partial charge in [0.2, 0.25) is 0 Å². The van der Waals surface area contributed by atoms with Gasteiger partial charge in [-0.3, -0.25) is 9.78 Å². The molecule has 2 saturated heterocycles. The van der Waals surface area contributed by atoms with Crippen molar-refractivity contribution in [1.29, 1.82) is 0 Å². The highest BCUT2D eigenvalue weighted by atomic mass is 16.2. The summed E-state index contributed by atoms with van der Waals surface area (Å²) in [6.07, 6.45) is 15.0. The van der Waals surface area contributed by atoms with Gasteiger partial charge in [0.15, 0.2) is 0 Å². The average molecular weight is 372 g/mol. The highest BCUT2D eigenvalue weighted by Crippen LogP contribution is 2.26. The van der Waals surface area contributed by atoms with E-state index in [4.69, 9.17) is 0 Å². The van der Waals surface area contributed by atoms with Gasteiger partial charge in [0.05, 0.1) is 12.4 Å². The Kier molecular flexibility index (Phi) is 6.22. The van der Waals surface area contributed by atoms with Crippen LogP contribution in [0, 0.1) is 5.92 Å². The predicted octanol–water partition coefficient (Wildman–Crippen LogP) is 3.17. The molecular weight excluding hydrogens is 338 g/mol. The van der Waals surface area contributed by atoms with Crippen molar-refractivity contribution in [3.8, 4) is 0 Å². The summed E-state index contributed by atoms with van der Waals surface area (Å²) in [6, 6.07) is 0.397. The van der Waals surface area contributed by atoms with Crippen molar-refractivity contribution in [2.75, 3.05) is 38.0 Å². The first-order valence-electron chi connectivity index (χ1n) is 10.9. The molecule has 3 aliphatic rings. The molecule has 1 aromatic rings. The zero-order chi connectivity index (χ0) is 18.5. The topological polar surface area (TPSA) is 61.4 Å². The maximum atomic E-state index is 12.6. The Morgan fingerprint density at radius 3 is 2.63 bits per heavy atom. The maximum Gasteiger partial charge on any atom is 0.274 e. The fourth-order valence-electron chi connectivity index (χ4n) is 4.90. The highest BCUT2D eigenvalue weighted by molar-refractivity contribution is 5.92. The van der Waals surface area contributed by atoms with Crippen molar-refractivity contribution < 1.29 is 4.79 Å². The largest absolute Gasteiger partial charge is 0.365 e. The van der Waals surface area contributed by atoms with E-state index < -0.39 is 0 Å². The molecule has 4 rings (SSSR count). The molecule has 1 saturated carbocycles. The van der Waals surface area contributed by atoms with Crippen molar-refractivity contribution in [1.82, 2.24) is 19.8 Å². The number of hydrogen-bond acceptors (Lipinski definition) is 5. The molecule has 6 heteroatoms. The second kappa shape index (κ2) is 9.00. The number of aromatic nitrogens is 2. The SMILES string of the molecule is O=C(c1cncc(N[C@@H]2CCCN(CC3CCCCC3)C2)n1)N1CCCC1. The first-order valence-corrected chi connectivity index (χ1v) is 10.9. The molecule has 1 aliphatic carbocycles. The smallest absolute Gasteiger partial charge is 0.274 e. The van der Waals surface area contributed by atoms with Crippen LogP contribution in [-0.4, -0.2) is 64.4 Å². The lowest BCUT2D eigenvalue weighted by Crippen LogP contribution is -2.44. The Labute approximate surface area is 162 Å². The monoisotopic (exact) mass is 371 g/mol.